The number of phosphoric ester groups is 1. The molecule has 5 atom stereocenters. The fourth-order valence-corrected chi connectivity index (χ4v) is 6.80. The number of anilines is 1. The molecule has 2 aliphatic rings. The molecule has 2 aromatic rings. The number of hydrogen-bond acceptors (Lipinski definition) is 14. The molecule has 0 spiro atoms. The molecule has 4 heterocycles. The number of thioether (sulfide) groups is 1. The van der Waals surface area contributed by atoms with Gasteiger partial charge >= 0.3 is 13.9 Å². The summed E-state index contributed by atoms with van der Waals surface area (Å²) in [5, 5.41) is 2.44. The highest BCUT2D eigenvalue weighted by molar-refractivity contribution is 8.13. The maximum Gasteiger partial charge on any atom is 0.475 e. The van der Waals surface area contributed by atoms with E-state index in [1.807, 2.05) is 0 Å². The lowest BCUT2D eigenvalue weighted by Gasteiger charge is -2.33. The number of fused-ring (bicyclic) bond motifs is 2. The number of nitrogens with one attached hydrogen (secondary N) is 1. The van der Waals surface area contributed by atoms with Gasteiger partial charge in [0.25, 0.3) is 0 Å². The van der Waals surface area contributed by atoms with Gasteiger partial charge in [-0.05, 0) is 20.3 Å². The van der Waals surface area contributed by atoms with Crippen LogP contribution in [0.3, 0.4) is 0 Å². The van der Waals surface area contributed by atoms with Gasteiger partial charge in [-0.2, -0.15) is 9.97 Å². The molecule has 0 unspecified atom stereocenters. The van der Waals surface area contributed by atoms with Crippen LogP contribution in [0.5, 0.6) is 5.88 Å². The lowest BCUT2D eigenvalue weighted by atomic mass is 9.91. The predicted octanol–water partition coefficient (Wildman–Crippen LogP) is 3.00. The van der Waals surface area contributed by atoms with E-state index in [9.17, 15) is 14.2 Å². The third-order valence-corrected chi connectivity index (χ3v) is 9.22. The second-order valence-corrected chi connectivity index (χ2v) is 12.8. The first kappa shape index (κ1) is 31.4. The number of nitrogens with zero attached hydrogens (tertiary/aromatic N) is 4. The Hall–Kier alpha value is -2.56. The molecule has 2 saturated heterocycles. The molecule has 0 radical (unpaired) electrons. The number of phosphoric acid groups is 1. The van der Waals surface area contributed by atoms with E-state index in [4.69, 9.17) is 33.5 Å². The van der Waals surface area contributed by atoms with Crippen LogP contribution in [0.2, 0.25) is 0 Å². The van der Waals surface area contributed by atoms with Crippen molar-refractivity contribution in [3.63, 3.8) is 0 Å². The lowest BCUT2D eigenvalue weighted by Crippen LogP contribution is -2.44. The van der Waals surface area contributed by atoms with Gasteiger partial charge in [-0.15, -0.1) is 0 Å². The highest BCUT2D eigenvalue weighted by Gasteiger charge is 2.61. The van der Waals surface area contributed by atoms with Crippen LogP contribution in [0.25, 0.3) is 11.2 Å². The maximum absolute atomic E-state index is 16.2. The average molecular weight is 621 g/mol. The molecule has 3 N–H and O–H groups in total. The molecular formula is C23H34FN6O9PS. The predicted molar refractivity (Wildman–Crippen MR) is 145 cm³/mol. The van der Waals surface area contributed by atoms with E-state index in [0.29, 0.717) is 6.42 Å². The second-order valence-electron chi connectivity index (χ2n) is 10.1. The number of methoxy groups -OCH3 is 1. The summed E-state index contributed by atoms with van der Waals surface area (Å²) in [5.74, 6) is 0.166. The van der Waals surface area contributed by atoms with Crippen LogP contribution in [0.15, 0.2) is 6.33 Å². The molecule has 0 saturated carbocycles. The number of halogens is 1. The lowest BCUT2D eigenvalue weighted by molar-refractivity contribution is -0.118. The fraction of sp³-hybridized carbons (Fsp3) is 0.696. The van der Waals surface area contributed by atoms with Gasteiger partial charge in [0, 0.05) is 17.7 Å². The van der Waals surface area contributed by atoms with Crippen molar-refractivity contribution in [2.45, 2.75) is 58.2 Å². The number of carbonyl (C=O) groups is 2. The number of amides is 1. The van der Waals surface area contributed by atoms with Crippen LogP contribution in [-0.2, 0) is 32.4 Å². The summed E-state index contributed by atoms with van der Waals surface area (Å²) in [6.07, 6.45) is -2.31. The quantitative estimate of drug-likeness (QED) is 0.275. The Labute approximate surface area is 239 Å². The molecule has 15 nitrogen and oxygen atoms in total. The topological polar surface area (TPSA) is 188 Å². The Morgan fingerprint density at radius 3 is 2.85 bits per heavy atom. The van der Waals surface area contributed by atoms with Gasteiger partial charge in [0.05, 0.1) is 33.3 Å². The Balaban J connectivity index is 1.33. The van der Waals surface area contributed by atoms with Crippen LogP contribution in [0.4, 0.5) is 15.1 Å². The van der Waals surface area contributed by atoms with Crippen molar-refractivity contribution in [3.05, 3.63) is 6.33 Å². The molecule has 0 bridgehead atoms. The van der Waals surface area contributed by atoms with E-state index < -0.39 is 43.4 Å². The second kappa shape index (κ2) is 12.4. The van der Waals surface area contributed by atoms with Crippen molar-refractivity contribution in [1.29, 1.82) is 0 Å². The summed E-state index contributed by atoms with van der Waals surface area (Å²) in [4.78, 5) is 36.4. The summed E-state index contributed by atoms with van der Waals surface area (Å²) in [7, 11) is -2.77. The van der Waals surface area contributed by atoms with Gasteiger partial charge < -0.3 is 25.3 Å². The van der Waals surface area contributed by atoms with Crippen LogP contribution in [0.1, 0.15) is 40.3 Å². The first-order valence-corrected chi connectivity index (χ1v) is 15.3. The highest BCUT2D eigenvalue weighted by Crippen LogP contribution is 2.59. The molecule has 4 rings (SSSR count). The minimum atomic E-state index is -4.17. The number of carbonyl (C=O) groups excluding carboxylic acids is 2. The third-order valence-electron chi connectivity index (χ3n) is 6.59. The summed E-state index contributed by atoms with van der Waals surface area (Å²) in [6, 6.07) is 0. The largest absolute Gasteiger partial charge is 0.479 e. The smallest absolute Gasteiger partial charge is 0.475 e. The Morgan fingerprint density at radius 2 is 2.15 bits per heavy atom. The average Bonchev–Trinajstić information content (AvgIpc) is 3.43. The molecular weight excluding hydrogens is 586 g/mol. The molecule has 41 heavy (non-hydrogen) atoms. The third kappa shape index (κ3) is 6.75. The van der Waals surface area contributed by atoms with E-state index >= 15 is 4.39 Å². The van der Waals surface area contributed by atoms with Crippen molar-refractivity contribution >= 4 is 47.9 Å². The first-order chi connectivity index (χ1) is 19.3. The first-order valence-electron chi connectivity index (χ1n) is 12.8. The summed E-state index contributed by atoms with van der Waals surface area (Å²) < 4.78 is 62.9. The normalized spacial score (nSPS) is 27.9. The van der Waals surface area contributed by atoms with Gasteiger partial charge in [0.2, 0.25) is 11.8 Å². The monoisotopic (exact) mass is 620 g/mol. The summed E-state index contributed by atoms with van der Waals surface area (Å²) in [6.45, 7) is 6.57. The molecule has 1 amide bonds. The van der Waals surface area contributed by atoms with Gasteiger partial charge in [-0.3, -0.25) is 22.9 Å². The number of nitrogens with two attached hydrogens (primary N) is 1. The van der Waals surface area contributed by atoms with Crippen molar-refractivity contribution in [1.82, 2.24) is 24.8 Å². The van der Waals surface area contributed by atoms with E-state index in [1.165, 1.54) is 24.9 Å². The maximum atomic E-state index is 16.2. The number of nitrogen functional groups attached to an aromatic ring is 1. The van der Waals surface area contributed by atoms with Crippen LogP contribution < -0.4 is 15.8 Å². The van der Waals surface area contributed by atoms with Gasteiger partial charge in [-0.25, -0.2) is 18.7 Å². The Kier molecular flexibility index (Phi) is 9.45. The van der Waals surface area contributed by atoms with E-state index in [2.05, 4.69) is 20.3 Å². The molecule has 2 aromatic heterocycles. The number of imidazole rings is 1. The number of ether oxygens (including phenoxy) is 3. The molecule has 228 valence electrons. The van der Waals surface area contributed by atoms with Crippen LogP contribution in [0, 0.1) is 5.41 Å². The van der Waals surface area contributed by atoms with Crippen molar-refractivity contribution in [3.8, 4) is 5.88 Å². The van der Waals surface area contributed by atoms with Crippen molar-refractivity contribution in [2.75, 3.05) is 45.0 Å². The zero-order valence-corrected chi connectivity index (χ0v) is 25.0. The van der Waals surface area contributed by atoms with Crippen LogP contribution >= 0.6 is 19.6 Å². The molecule has 2 fully saturated rings. The SMILES string of the molecule is CCOC(=O)NCCC(C)(C)C(=O)SCCO[P@]1(=O)OC[C@H]2O[C@@H](n3cnc4c(OC)nc(N)nc43)[C@](C)(F)[C@@H]2O1. The minimum absolute atomic E-state index is 0.0994. The van der Waals surface area contributed by atoms with Crippen molar-refractivity contribution < 1.29 is 46.3 Å². The molecule has 2 aliphatic heterocycles. The summed E-state index contributed by atoms with van der Waals surface area (Å²) in [5.41, 5.74) is 3.26. The number of rotatable bonds is 11. The zero-order valence-electron chi connectivity index (χ0n) is 23.3. The summed E-state index contributed by atoms with van der Waals surface area (Å²) >= 11 is 0.981. The molecule has 0 aliphatic carbocycles. The number of aromatic nitrogens is 4. The minimum Gasteiger partial charge on any atom is -0.479 e. The Bertz CT molecular complexity index is 1330. The van der Waals surface area contributed by atoms with Gasteiger partial charge in [0.1, 0.15) is 12.2 Å². The van der Waals surface area contributed by atoms with E-state index in [0.717, 1.165) is 11.8 Å². The number of hydrogen-bond donors (Lipinski definition) is 2. The number of alkyl halides is 1. The zero-order chi connectivity index (χ0) is 30.0. The standard InChI is InChI=1S/C23H34FN6O9PS/c1-6-35-21(32)26-8-7-22(2,3)19(31)41-10-9-36-40(33)37-11-13-15(39-40)23(4,24)18(38-13)30-12-27-14-16(30)28-20(25)29-17(14)34-5/h12-13,15,18H,6-11H2,1-5H3,(H,26,32)(H2,25,28,29)/t13-,15-,18-,23-,40-/m1/s1. The van der Waals surface area contributed by atoms with E-state index in [1.54, 1.807) is 20.8 Å². The molecule has 0 aromatic carbocycles. The van der Waals surface area contributed by atoms with Crippen molar-refractivity contribution in [2.24, 2.45) is 5.41 Å². The number of alkyl carbamates (subject to hydrolysis) is 1. The Morgan fingerprint density at radius 1 is 1.39 bits per heavy atom. The van der Waals surface area contributed by atoms with Gasteiger partial charge in [0.15, 0.2) is 28.2 Å². The highest BCUT2D eigenvalue weighted by atomic mass is 32.2. The molecule has 18 heteroatoms. The van der Waals surface area contributed by atoms with E-state index in [-0.39, 0.29) is 60.2 Å². The van der Waals surface area contributed by atoms with Crippen LogP contribution in [-0.4, -0.2) is 87.8 Å². The van der Waals surface area contributed by atoms with Gasteiger partial charge in [-0.1, -0.05) is 25.6 Å². The fourth-order valence-electron chi connectivity index (χ4n) is 4.37.